The summed E-state index contributed by atoms with van der Waals surface area (Å²) in [5, 5.41) is 4.01. The number of rotatable bonds is 3. The average Bonchev–Trinajstić information content (AvgIpc) is 2.83. The molecule has 0 saturated carbocycles. The van der Waals surface area contributed by atoms with E-state index in [0.717, 1.165) is 33.1 Å². The molecular weight excluding hydrogens is 332 g/mol. The molecule has 1 aromatic carbocycles. The number of carbonyl (C=O) groups is 1. The zero-order valence-corrected chi connectivity index (χ0v) is 13.2. The van der Waals surface area contributed by atoms with Gasteiger partial charge in [0, 0.05) is 46.1 Å². The van der Waals surface area contributed by atoms with Crippen LogP contribution in [0, 0.1) is 5.92 Å². The van der Waals surface area contributed by atoms with Crippen LogP contribution in [0.2, 0.25) is 0 Å². The Morgan fingerprint density at radius 1 is 1.48 bits per heavy atom. The van der Waals surface area contributed by atoms with Crippen LogP contribution in [-0.4, -0.2) is 24.0 Å². The van der Waals surface area contributed by atoms with Gasteiger partial charge in [0.25, 0.3) is 0 Å². The molecule has 0 aliphatic heterocycles. The summed E-state index contributed by atoms with van der Waals surface area (Å²) in [6, 6.07) is 5.99. The van der Waals surface area contributed by atoms with Crippen molar-refractivity contribution in [3.63, 3.8) is 0 Å². The first-order valence-corrected chi connectivity index (χ1v) is 7.92. The van der Waals surface area contributed by atoms with E-state index < -0.39 is 0 Å². The Hall–Kier alpha value is -1.37. The fraction of sp³-hybridized carbons (Fsp3) is 0.400. The predicted octanol–water partition coefficient (Wildman–Crippen LogP) is 1.57. The molecule has 0 bridgehead atoms. The van der Waals surface area contributed by atoms with Crippen LogP contribution in [0.25, 0.3) is 10.9 Å². The van der Waals surface area contributed by atoms with Crippen LogP contribution in [0.3, 0.4) is 0 Å². The van der Waals surface area contributed by atoms with E-state index in [1.807, 2.05) is 12.1 Å². The molecule has 6 heteroatoms. The number of benzene rings is 1. The van der Waals surface area contributed by atoms with Crippen LogP contribution in [0.5, 0.6) is 0 Å². The summed E-state index contributed by atoms with van der Waals surface area (Å²) in [6.07, 6.45) is 1.38. The van der Waals surface area contributed by atoms with Gasteiger partial charge >= 0.3 is 0 Å². The van der Waals surface area contributed by atoms with Crippen molar-refractivity contribution in [2.45, 2.75) is 18.9 Å². The predicted molar refractivity (Wildman–Crippen MR) is 86.8 cm³/mol. The second-order valence-electron chi connectivity index (χ2n) is 5.53. The molecule has 0 saturated heterocycles. The topological polar surface area (TPSA) is 96.9 Å². The Balaban J connectivity index is 1.94. The number of amides is 1. The molecule has 1 aromatic heterocycles. The molecule has 3 rings (SSSR count). The maximum absolute atomic E-state index is 12.2. The monoisotopic (exact) mass is 350 g/mol. The molecular formula is C15H19BrN4O. The second-order valence-corrected chi connectivity index (χ2v) is 6.45. The summed E-state index contributed by atoms with van der Waals surface area (Å²) >= 11 is 3.50. The van der Waals surface area contributed by atoms with Gasteiger partial charge < -0.3 is 21.8 Å². The quantitative estimate of drug-likeness (QED) is 0.676. The number of hydrogen-bond acceptors (Lipinski definition) is 3. The first kappa shape index (κ1) is 14.6. The van der Waals surface area contributed by atoms with Crippen molar-refractivity contribution in [1.82, 2.24) is 10.3 Å². The maximum atomic E-state index is 12.2. The summed E-state index contributed by atoms with van der Waals surface area (Å²) in [5.74, 6) is -0.0390. The summed E-state index contributed by atoms with van der Waals surface area (Å²) in [4.78, 5) is 15.6. The Kier molecular flexibility index (Phi) is 4.01. The van der Waals surface area contributed by atoms with E-state index in [9.17, 15) is 4.79 Å². The minimum atomic E-state index is -0.131. The number of halogens is 1. The summed E-state index contributed by atoms with van der Waals surface area (Å²) in [5.41, 5.74) is 15.0. The van der Waals surface area contributed by atoms with Gasteiger partial charge in [-0.05, 0) is 36.6 Å². The second kappa shape index (κ2) is 5.79. The first-order chi connectivity index (χ1) is 10.1. The summed E-state index contributed by atoms with van der Waals surface area (Å²) in [6.45, 7) is 0.965. The number of aromatic nitrogens is 1. The van der Waals surface area contributed by atoms with Crippen molar-refractivity contribution in [1.29, 1.82) is 0 Å². The lowest BCUT2D eigenvalue weighted by Gasteiger charge is -2.26. The van der Waals surface area contributed by atoms with Crippen molar-refractivity contribution < 1.29 is 4.79 Å². The molecule has 2 unspecified atom stereocenters. The molecule has 0 fully saturated rings. The Morgan fingerprint density at radius 2 is 2.29 bits per heavy atom. The van der Waals surface area contributed by atoms with Gasteiger partial charge in [-0.3, -0.25) is 4.79 Å². The Bertz CT molecular complexity index is 682. The van der Waals surface area contributed by atoms with Crippen LogP contribution in [0.15, 0.2) is 22.7 Å². The molecule has 5 nitrogen and oxygen atoms in total. The molecule has 0 spiro atoms. The zero-order valence-electron chi connectivity index (χ0n) is 11.7. The number of carbonyl (C=O) groups excluding carboxylic acids is 1. The average molecular weight is 351 g/mol. The van der Waals surface area contributed by atoms with E-state index in [4.69, 9.17) is 11.5 Å². The third-order valence-corrected chi connectivity index (χ3v) is 4.57. The van der Waals surface area contributed by atoms with Crippen molar-refractivity contribution in [3.05, 3.63) is 33.9 Å². The Labute approximate surface area is 131 Å². The molecule has 6 N–H and O–H groups in total. The minimum absolute atomic E-state index is 0.0471. The number of hydrogen-bond donors (Lipinski definition) is 4. The zero-order chi connectivity index (χ0) is 15.0. The van der Waals surface area contributed by atoms with Gasteiger partial charge in [-0.25, -0.2) is 0 Å². The largest absolute Gasteiger partial charge is 0.357 e. The standard InChI is InChI=1S/C15H19BrN4O/c16-9-1-2-13-10(7-9)11-5-8(15(21)19-4-3-17)6-12(18)14(11)20-13/h1-2,7-8,12,20H,3-6,17-18H2,(H,19,21). The number of H-pyrrole nitrogens is 1. The van der Waals surface area contributed by atoms with E-state index in [1.54, 1.807) is 0 Å². The number of nitrogens with two attached hydrogens (primary N) is 2. The highest BCUT2D eigenvalue weighted by Gasteiger charge is 2.31. The third-order valence-electron chi connectivity index (χ3n) is 4.08. The normalized spacial score (nSPS) is 21.3. The van der Waals surface area contributed by atoms with Crippen LogP contribution < -0.4 is 16.8 Å². The highest BCUT2D eigenvalue weighted by Crippen LogP contribution is 2.37. The van der Waals surface area contributed by atoms with Gasteiger partial charge in [0.1, 0.15) is 0 Å². The molecule has 1 aliphatic rings. The highest BCUT2D eigenvalue weighted by atomic mass is 79.9. The summed E-state index contributed by atoms with van der Waals surface area (Å²) < 4.78 is 1.03. The molecule has 2 aromatic rings. The lowest BCUT2D eigenvalue weighted by molar-refractivity contribution is -0.125. The maximum Gasteiger partial charge on any atom is 0.223 e. The molecule has 2 atom stereocenters. The molecule has 0 radical (unpaired) electrons. The van der Waals surface area contributed by atoms with Gasteiger partial charge in [-0.2, -0.15) is 0 Å². The van der Waals surface area contributed by atoms with Crippen molar-refractivity contribution >= 4 is 32.7 Å². The number of nitrogens with one attached hydrogen (secondary N) is 2. The molecule has 1 heterocycles. The van der Waals surface area contributed by atoms with E-state index in [2.05, 4.69) is 32.3 Å². The lowest BCUT2D eigenvalue weighted by atomic mass is 9.83. The van der Waals surface area contributed by atoms with E-state index in [0.29, 0.717) is 19.5 Å². The van der Waals surface area contributed by atoms with Crippen LogP contribution in [0.1, 0.15) is 23.7 Å². The van der Waals surface area contributed by atoms with Gasteiger partial charge in [0.2, 0.25) is 5.91 Å². The number of aromatic amines is 1. The van der Waals surface area contributed by atoms with Crippen molar-refractivity contribution in [2.75, 3.05) is 13.1 Å². The van der Waals surface area contributed by atoms with Gasteiger partial charge in [0.15, 0.2) is 0 Å². The van der Waals surface area contributed by atoms with E-state index in [-0.39, 0.29) is 17.9 Å². The third kappa shape index (κ3) is 2.71. The van der Waals surface area contributed by atoms with E-state index in [1.165, 1.54) is 0 Å². The van der Waals surface area contributed by atoms with Crippen LogP contribution in [-0.2, 0) is 11.2 Å². The molecule has 1 amide bonds. The molecule has 1 aliphatic carbocycles. The van der Waals surface area contributed by atoms with Gasteiger partial charge in [-0.1, -0.05) is 15.9 Å². The van der Waals surface area contributed by atoms with Crippen LogP contribution in [0.4, 0.5) is 0 Å². The first-order valence-electron chi connectivity index (χ1n) is 7.13. The fourth-order valence-electron chi connectivity index (χ4n) is 3.07. The highest BCUT2D eigenvalue weighted by molar-refractivity contribution is 9.10. The lowest BCUT2D eigenvalue weighted by Crippen LogP contribution is -2.38. The van der Waals surface area contributed by atoms with Crippen molar-refractivity contribution in [2.24, 2.45) is 17.4 Å². The Morgan fingerprint density at radius 3 is 3.05 bits per heavy atom. The van der Waals surface area contributed by atoms with E-state index >= 15 is 0 Å². The molecule has 21 heavy (non-hydrogen) atoms. The smallest absolute Gasteiger partial charge is 0.223 e. The van der Waals surface area contributed by atoms with Gasteiger partial charge in [-0.15, -0.1) is 0 Å². The SMILES string of the molecule is NCCNC(=O)C1Cc2c([nH]c3ccc(Br)cc23)C(N)C1. The van der Waals surface area contributed by atoms with Crippen molar-refractivity contribution in [3.8, 4) is 0 Å². The van der Waals surface area contributed by atoms with Crippen LogP contribution >= 0.6 is 15.9 Å². The fourth-order valence-corrected chi connectivity index (χ4v) is 3.43. The minimum Gasteiger partial charge on any atom is -0.357 e. The number of fused-ring (bicyclic) bond motifs is 3. The summed E-state index contributed by atoms with van der Waals surface area (Å²) in [7, 11) is 0. The van der Waals surface area contributed by atoms with Gasteiger partial charge in [0.05, 0.1) is 0 Å². The molecule has 112 valence electrons.